The van der Waals surface area contributed by atoms with Crippen molar-refractivity contribution < 1.29 is 19.4 Å². The molecule has 2 aromatic carbocycles. The summed E-state index contributed by atoms with van der Waals surface area (Å²) in [6.07, 6.45) is -0.181. The molecule has 1 atom stereocenters. The van der Waals surface area contributed by atoms with Gasteiger partial charge in [-0.25, -0.2) is 9.59 Å². The summed E-state index contributed by atoms with van der Waals surface area (Å²) >= 11 is 3.40. The molecule has 0 saturated carbocycles. The van der Waals surface area contributed by atoms with Gasteiger partial charge in [0, 0.05) is 23.1 Å². The first-order valence-corrected chi connectivity index (χ1v) is 10.3. The van der Waals surface area contributed by atoms with Crippen molar-refractivity contribution in [1.82, 2.24) is 0 Å². The molecule has 0 saturated heterocycles. The van der Waals surface area contributed by atoms with Gasteiger partial charge in [0.05, 0.1) is 5.69 Å². The predicted molar refractivity (Wildman–Crippen MR) is 116 cm³/mol. The number of fused-ring (bicyclic) bond motifs is 1. The highest BCUT2D eigenvalue weighted by molar-refractivity contribution is 9.10. The van der Waals surface area contributed by atoms with E-state index in [4.69, 9.17) is 4.74 Å². The van der Waals surface area contributed by atoms with E-state index in [0.717, 1.165) is 15.7 Å². The van der Waals surface area contributed by atoms with Gasteiger partial charge in [0.2, 0.25) is 0 Å². The monoisotopic (exact) mass is 460 g/mol. The Morgan fingerprint density at radius 2 is 1.83 bits per heavy atom. The third-order valence-electron chi connectivity index (χ3n) is 4.83. The Bertz CT molecular complexity index is 908. The average molecular weight is 461 g/mol. The number of nitrogens with one attached hydrogen (secondary N) is 1. The Labute approximate surface area is 179 Å². The van der Waals surface area contributed by atoms with Crippen LogP contribution in [0.1, 0.15) is 32.8 Å². The van der Waals surface area contributed by atoms with Gasteiger partial charge < -0.3 is 15.2 Å². The summed E-state index contributed by atoms with van der Waals surface area (Å²) in [5.41, 5.74) is 0.161. The number of carbonyl (C=O) groups excluding carboxylic acids is 1. The van der Waals surface area contributed by atoms with Crippen LogP contribution in [-0.4, -0.2) is 34.9 Å². The van der Waals surface area contributed by atoms with E-state index in [1.165, 1.54) is 4.90 Å². The first-order chi connectivity index (χ1) is 13.6. The number of nitrogens with zero attached hydrogens (tertiary/aromatic N) is 1. The van der Waals surface area contributed by atoms with E-state index in [2.05, 4.69) is 21.2 Å². The summed E-state index contributed by atoms with van der Waals surface area (Å²) in [5.74, 6) is -1.04. The maximum absolute atomic E-state index is 13.0. The van der Waals surface area contributed by atoms with Gasteiger partial charge in [0.25, 0.3) is 0 Å². The van der Waals surface area contributed by atoms with Crippen molar-refractivity contribution in [2.45, 2.75) is 44.8 Å². The minimum absolute atomic E-state index is 0.228. The Morgan fingerprint density at radius 3 is 2.45 bits per heavy atom. The third-order valence-corrected chi connectivity index (χ3v) is 5.36. The molecule has 1 amide bonds. The van der Waals surface area contributed by atoms with Crippen LogP contribution in [0.15, 0.2) is 53.0 Å². The van der Waals surface area contributed by atoms with Gasteiger partial charge in [-0.1, -0.05) is 34.1 Å². The molecule has 2 aromatic rings. The lowest BCUT2D eigenvalue weighted by Crippen LogP contribution is -2.57. The second-order valence-corrected chi connectivity index (χ2v) is 9.06. The number of halogens is 1. The van der Waals surface area contributed by atoms with E-state index >= 15 is 0 Å². The number of carbonyl (C=O) groups is 2. The van der Waals surface area contributed by atoms with Gasteiger partial charge in [-0.3, -0.25) is 4.90 Å². The smallest absolute Gasteiger partial charge is 0.415 e. The topological polar surface area (TPSA) is 78.9 Å². The first kappa shape index (κ1) is 21.2. The van der Waals surface area contributed by atoms with E-state index in [-0.39, 0.29) is 12.8 Å². The van der Waals surface area contributed by atoms with Crippen molar-refractivity contribution in [1.29, 1.82) is 0 Å². The summed E-state index contributed by atoms with van der Waals surface area (Å²) in [6, 6.07) is 14.9. The number of carboxylic acid groups (broad SMARTS) is 1. The van der Waals surface area contributed by atoms with Crippen LogP contribution in [0.3, 0.4) is 0 Å². The van der Waals surface area contributed by atoms with Gasteiger partial charge >= 0.3 is 12.1 Å². The van der Waals surface area contributed by atoms with Crippen LogP contribution >= 0.6 is 15.9 Å². The molecule has 0 radical (unpaired) electrons. The first-order valence-electron chi connectivity index (χ1n) is 9.46. The van der Waals surface area contributed by atoms with Crippen LogP contribution in [0, 0.1) is 0 Å². The molecular weight excluding hydrogens is 436 g/mol. The van der Waals surface area contributed by atoms with Crippen LogP contribution in [0.25, 0.3) is 0 Å². The Kier molecular flexibility index (Phi) is 5.89. The van der Waals surface area contributed by atoms with Crippen LogP contribution in [-0.2, 0) is 16.0 Å². The minimum Gasteiger partial charge on any atom is -0.479 e. The molecule has 1 aliphatic rings. The average Bonchev–Trinajstić information content (AvgIpc) is 2.97. The minimum atomic E-state index is -1.41. The SMILES string of the molecule is CC(C)(C)OC(=O)N1c2ccccc2CC1(CCNc1ccc(Br)cc1)C(=O)O. The third kappa shape index (κ3) is 4.56. The van der Waals surface area contributed by atoms with Crippen molar-refractivity contribution >= 4 is 39.4 Å². The number of hydrogen-bond acceptors (Lipinski definition) is 4. The zero-order chi connectivity index (χ0) is 21.2. The zero-order valence-corrected chi connectivity index (χ0v) is 18.3. The number of carboxylic acids is 1. The molecule has 1 heterocycles. The Balaban J connectivity index is 1.88. The van der Waals surface area contributed by atoms with Crippen LogP contribution in [0.5, 0.6) is 0 Å². The molecule has 1 unspecified atom stereocenters. The number of rotatable bonds is 5. The predicted octanol–water partition coefficient (Wildman–Crippen LogP) is 5.07. The molecule has 154 valence electrons. The fourth-order valence-electron chi connectivity index (χ4n) is 3.54. The second kappa shape index (κ2) is 8.06. The second-order valence-electron chi connectivity index (χ2n) is 8.14. The Morgan fingerprint density at radius 1 is 1.17 bits per heavy atom. The summed E-state index contributed by atoms with van der Waals surface area (Å²) < 4.78 is 6.52. The highest BCUT2D eigenvalue weighted by Gasteiger charge is 2.53. The van der Waals surface area contributed by atoms with E-state index in [9.17, 15) is 14.7 Å². The van der Waals surface area contributed by atoms with E-state index in [1.54, 1.807) is 32.9 Å². The fourth-order valence-corrected chi connectivity index (χ4v) is 3.81. The molecule has 0 spiro atoms. The molecule has 0 aromatic heterocycles. The molecule has 2 N–H and O–H groups in total. The standard InChI is InChI=1S/C22H25BrN2O4/c1-21(2,3)29-20(28)25-18-7-5-4-6-15(18)14-22(25,19(26)27)12-13-24-17-10-8-16(23)9-11-17/h4-11,24H,12-14H2,1-3H3,(H,26,27). The molecular formula is C22H25BrN2O4. The van der Waals surface area contributed by atoms with E-state index < -0.39 is 23.2 Å². The number of para-hydroxylation sites is 1. The summed E-state index contributed by atoms with van der Waals surface area (Å²) in [6.45, 7) is 5.69. The van der Waals surface area contributed by atoms with Crippen molar-refractivity contribution in [3.8, 4) is 0 Å². The van der Waals surface area contributed by atoms with Crippen molar-refractivity contribution in [3.05, 3.63) is 58.6 Å². The largest absolute Gasteiger partial charge is 0.479 e. The van der Waals surface area contributed by atoms with Gasteiger partial charge in [-0.2, -0.15) is 0 Å². The van der Waals surface area contributed by atoms with Crippen LogP contribution < -0.4 is 10.2 Å². The highest BCUT2D eigenvalue weighted by Crippen LogP contribution is 2.42. The quantitative estimate of drug-likeness (QED) is 0.650. The molecule has 1 aliphatic heterocycles. The highest BCUT2D eigenvalue weighted by atomic mass is 79.9. The number of ether oxygens (including phenoxy) is 1. The lowest BCUT2D eigenvalue weighted by atomic mass is 9.90. The number of amides is 1. The van der Waals surface area contributed by atoms with E-state index in [0.29, 0.717) is 12.2 Å². The molecule has 3 rings (SSSR count). The van der Waals surface area contributed by atoms with Gasteiger partial charge in [0.1, 0.15) is 5.60 Å². The van der Waals surface area contributed by atoms with Crippen molar-refractivity contribution in [3.63, 3.8) is 0 Å². The number of aliphatic carboxylic acids is 1. The number of benzene rings is 2. The summed E-state index contributed by atoms with van der Waals surface area (Å²) in [5, 5.41) is 13.5. The summed E-state index contributed by atoms with van der Waals surface area (Å²) in [7, 11) is 0. The van der Waals surface area contributed by atoms with Gasteiger partial charge in [-0.05, 0) is 63.1 Å². The lowest BCUT2D eigenvalue weighted by Gasteiger charge is -2.36. The number of hydrogen-bond donors (Lipinski definition) is 2. The lowest BCUT2D eigenvalue weighted by molar-refractivity contribution is -0.143. The van der Waals surface area contributed by atoms with Gasteiger partial charge in [-0.15, -0.1) is 0 Å². The summed E-state index contributed by atoms with van der Waals surface area (Å²) in [4.78, 5) is 26.8. The normalized spacial score (nSPS) is 18.3. The van der Waals surface area contributed by atoms with Crippen LogP contribution in [0.4, 0.5) is 16.2 Å². The van der Waals surface area contributed by atoms with Crippen molar-refractivity contribution in [2.24, 2.45) is 0 Å². The molecule has 0 fully saturated rings. The maximum atomic E-state index is 13.0. The molecule has 7 heteroatoms. The fraction of sp³-hybridized carbons (Fsp3) is 0.364. The molecule has 6 nitrogen and oxygen atoms in total. The maximum Gasteiger partial charge on any atom is 0.415 e. The van der Waals surface area contributed by atoms with E-state index in [1.807, 2.05) is 36.4 Å². The molecule has 0 bridgehead atoms. The van der Waals surface area contributed by atoms with Crippen molar-refractivity contribution in [2.75, 3.05) is 16.8 Å². The zero-order valence-electron chi connectivity index (χ0n) is 16.7. The number of anilines is 2. The van der Waals surface area contributed by atoms with Crippen LogP contribution in [0.2, 0.25) is 0 Å². The Hall–Kier alpha value is -2.54. The molecule has 0 aliphatic carbocycles. The molecule has 29 heavy (non-hydrogen) atoms. The van der Waals surface area contributed by atoms with Gasteiger partial charge in [0.15, 0.2) is 5.54 Å².